The predicted octanol–water partition coefficient (Wildman–Crippen LogP) is 3.23. The Hall–Kier alpha value is -1.07. The Bertz CT molecular complexity index is 492. The van der Waals surface area contributed by atoms with Gasteiger partial charge in [0.1, 0.15) is 5.75 Å². The molecule has 0 aromatic heterocycles. The van der Waals surface area contributed by atoms with Crippen LogP contribution in [0.5, 0.6) is 5.75 Å². The van der Waals surface area contributed by atoms with Gasteiger partial charge in [-0.1, -0.05) is 15.9 Å². The van der Waals surface area contributed by atoms with Gasteiger partial charge in [-0.2, -0.15) is 0 Å². The molecule has 1 aromatic rings. The lowest BCUT2D eigenvalue weighted by atomic mass is 9.97. The van der Waals surface area contributed by atoms with E-state index in [-0.39, 0.29) is 11.9 Å². The number of methoxy groups -OCH3 is 1. The molecule has 1 heterocycles. The number of hydrogen-bond donors (Lipinski definition) is 0. The highest BCUT2D eigenvalue weighted by Gasteiger charge is 2.27. The number of hydrogen-bond acceptors (Lipinski definition) is 4. The quantitative estimate of drug-likeness (QED) is 0.760. The maximum absolute atomic E-state index is 11.9. The molecule has 1 fully saturated rings. The average molecular weight is 356 g/mol. The van der Waals surface area contributed by atoms with E-state index >= 15 is 0 Å². The Kier molecular flexibility index (Phi) is 6.06. The van der Waals surface area contributed by atoms with Crippen LogP contribution in [0.4, 0.5) is 0 Å². The van der Waals surface area contributed by atoms with Crippen molar-refractivity contribution in [1.82, 2.24) is 4.90 Å². The van der Waals surface area contributed by atoms with Gasteiger partial charge in [-0.15, -0.1) is 0 Å². The number of ether oxygens (including phenoxy) is 2. The number of carbonyl (C=O) groups is 1. The summed E-state index contributed by atoms with van der Waals surface area (Å²) in [6, 6.07) is 5.98. The topological polar surface area (TPSA) is 38.8 Å². The van der Waals surface area contributed by atoms with Crippen LogP contribution in [-0.4, -0.2) is 37.7 Å². The molecule has 1 aromatic carbocycles. The molecule has 5 heteroatoms. The van der Waals surface area contributed by atoms with Gasteiger partial charge in [0.05, 0.1) is 19.6 Å². The molecule has 0 bridgehead atoms. The normalized spacial score (nSPS) is 19.3. The fourth-order valence-electron chi connectivity index (χ4n) is 2.69. The zero-order valence-corrected chi connectivity index (χ0v) is 14.2. The molecule has 1 aliphatic heterocycles. The highest BCUT2D eigenvalue weighted by atomic mass is 79.9. The summed E-state index contributed by atoms with van der Waals surface area (Å²) in [5, 5.41) is 0. The molecule has 1 atom stereocenters. The van der Waals surface area contributed by atoms with Crippen LogP contribution in [0, 0.1) is 5.92 Å². The van der Waals surface area contributed by atoms with Gasteiger partial charge in [0.25, 0.3) is 0 Å². The molecule has 0 aliphatic carbocycles. The summed E-state index contributed by atoms with van der Waals surface area (Å²) in [5.41, 5.74) is 1.18. The Balaban J connectivity index is 2.00. The molecular formula is C16H22BrNO3. The summed E-state index contributed by atoms with van der Waals surface area (Å²) in [6.45, 7) is 4.90. The highest BCUT2D eigenvalue weighted by molar-refractivity contribution is 9.10. The van der Waals surface area contributed by atoms with Crippen LogP contribution in [0.3, 0.4) is 0 Å². The fraction of sp³-hybridized carbons (Fsp3) is 0.562. The minimum absolute atomic E-state index is 0.00285. The molecule has 0 radical (unpaired) electrons. The number of likely N-dealkylation sites (tertiary alicyclic amines) is 1. The van der Waals surface area contributed by atoms with E-state index in [4.69, 9.17) is 9.47 Å². The summed E-state index contributed by atoms with van der Waals surface area (Å²) in [5.74, 6) is 0.794. The Morgan fingerprint density at radius 1 is 1.48 bits per heavy atom. The van der Waals surface area contributed by atoms with E-state index in [0.29, 0.717) is 6.61 Å². The highest BCUT2D eigenvalue weighted by Crippen LogP contribution is 2.26. The molecule has 4 nitrogen and oxygen atoms in total. The van der Waals surface area contributed by atoms with Gasteiger partial charge >= 0.3 is 5.97 Å². The monoisotopic (exact) mass is 355 g/mol. The molecule has 116 valence electrons. The van der Waals surface area contributed by atoms with Crippen LogP contribution in [0.15, 0.2) is 22.7 Å². The Morgan fingerprint density at radius 3 is 3.00 bits per heavy atom. The molecular weight excluding hydrogens is 334 g/mol. The summed E-state index contributed by atoms with van der Waals surface area (Å²) in [7, 11) is 1.67. The molecule has 2 rings (SSSR count). The zero-order valence-electron chi connectivity index (χ0n) is 12.6. The maximum atomic E-state index is 11.9. The lowest BCUT2D eigenvalue weighted by molar-refractivity contribution is -0.150. The largest absolute Gasteiger partial charge is 0.497 e. The molecule has 0 saturated carbocycles. The van der Waals surface area contributed by atoms with Crippen molar-refractivity contribution in [1.29, 1.82) is 0 Å². The van der Waals surface area contributed by atoms with Crippen molar-refractivity contribution in [2.75, 3.05) is 26.8 Å². The first-order valence-corrected chi connectivity index (χ1v) is 8.14. The van der Waals surface area contributed by atoms with E-state index in [1.807, 2.05) is 25.1 Å². The third kappa shape index (κ3) is 4.45. The van der Waals surface area contributed by atoms with Crippen LogP contribution in [0.1, 0.15) is 25.3 Å². The van der Waals surface area contributed by atoms with E-state index in [0.717, 1.165) is 42.7 Å². The third-order valence-electron chi connectivity index (χ3n) is 3.77. The van der Waals surface area contributed by atoms with Crippen molar-refractivity contribution in [3.05, 3.63) is 28.2 Å². The number of nitrogens with zero attached hydrogens (tertiary/aromatic N) is 1. The van der Waals surface area contributed by atoms with E-state index in [1.54, 1.807) is 7.11 Å². The number of piperidine rings is 1. The van der Waals surface area contributed by atoms with E-state index in [2.05, 4.69) is 20.8 Å². The summed E-state index contributed by atoms with van der Waals surface area (Å²) in [6.07, 6.45) is 1.96. The van der Waals surface area contributed by atoms with Crippen molar-refractivity contribution < 1.29 is 14.3 Å². The third-order valence-corrected chi connectivity index (χ3v) is 4.55. The molecule has 0 amide bonds. The first kappa shape index (κ1) is 16.3. The van der Waals surface area contributed by atoms with Gasteiger partial charge in [-0.25, -0.2) is 0 Å². The summed E-state index contributed by atoms with van der Waals surface area (Å²) < 4.78 is 11.5. The van der Waals surface area contributed by atoms with Crippen molar-refractivity contribution in [2.24, 2.45) is 5.92 Å². The second-order valence-electron chi connectivity index (χ2n) is 5.28. The van der Waals surface area contributed by atoms with Crippen LogP contribution in [-0.2, 0) is 16.1 Å². The maximum Gasteiger partial charge on any atom is 0.310 e. The Labute approximate surface area is 134 Å². The summed E-state index contributed by atoms with van der Waals surface area (Å²) >= 11 is 3.58. The smallest absolute Gasteiger partial charge is 0.310 e. The van der Waals surface area contributed by atoms with E-state index < -0.39 is 0 Å². The van der Waals surface area contributed by atoms with Crippen molar-refractivity contribution in [2.45, 2.75) is 26.3 Å². The van der Waals surface area contributed by atoms with E-state index in [9.17, 15) is 4.79 Å². The zero-order chi connectivity index (χ0) is 15.2. The number of rotatable bonds is 5. The van der Waals surface area contributed by atoms with Crippen molar-refractivity contribution in [3.8, 4) is 5.75 Å². The van der Waals surface area contributed by atoms with E-state index in [1.165, 1.54) is 5.56 Å². The minimum Gasteiger partial charge on any atom is -0.497 e. The van der Waals surface area contributed by atoms with Crippen molar-refractivity contribution >= 4 is 21.9 Å². The number of esters is 1. The van der Waals surface area contributed by atoms with Gasteiger partial charge in [-0.3, -0.25) is 9.69 Å². The second-order valence-corrected chi connectivity index (χ2v) is 6.14. The molecule has 1 aliphatic rings. The molecule has 0 N–H and O–H groups in total. The number of benzene rings is 1. The van der Waals surface area contributed by atoms with Gasteiger partial charge in [0.15, 0.2) is 0 Å². The molecule has 0 spiro atoms. The Morgan fingerprint density at radius 2 is 2.29 bits per heavy atom. The van der Waals surface area contributed by atoms with Crippen LogP contribution in [0.2, 0.25) is 0 Å². The first-order chi connectivity index (χ1) is 10.1. The van der Waals surface area contributed by atoms with Gasteiger partial charge in [0, 0.05) is 17.6 Å². The molecule has 1 saturated heterocycles. The van der Waals surface area contributed by atoms with Gasteiger partial charge < -0.3 is 9.47 Å². The standard InChI is InChI=1S/C16H22BrNO3/c1-3-21-16(19)12-5-4-8-18(10-12)11-13-9-14(20-2)6-7-15(13)17/h6-7,9,12H,3-5,8,10-11H2,1-2H3/t12-/m1/s1. The average Bonchev–Trinajstić information content (AvgIpc) is 2.50. The molecule has 0 unspecified atom stereocenters. The SMILES string of the molecule is CCOC(=O)[C@@H]1CCCN(Cc2cc(OC)ccc2Br)C1. The minimum atomic E-state index is -0.0630. The first-order valence-electron chi connectivity index (χ1n) is 7.35. The van der Waals surface area contributed by atoms with Crippen LogP contribution >= 0.6 is 15.9 Å². The molecule has 21 heavy (non-hydrogen) atoms. The summed E-state index contributed by atoms with van der Waals surface area (Å²) in [4.78, 5) is 14.2. The van der Waals surface area contributed by atoms with Crippen LogP contribution in [0.25, 0.3) is 0 Å². The number of carbonyl (C=O) groups excluding carboxylic acids is 1. The lowest BCUT2D eigenvalue weighted by Crippen LogP contribution is -2.39. The lowest BCUT2D eigenvalue weighted by Gasteiger charge is -2.31. The van der Waals surface area contributed by atoms with Gasteiger partial charge in [-0.05, 0) is 50.1 Å². The predicted molar refractivity (Wildman–Crippen MR) is 85.3 cm³/mol. The van der Waals surface area contributed by atoms with Crippen LogP contribution < -0.4 is 4.74 Å². The second kappa shape index (κ2) is 7.80. The fourth-order valence-corrected chi connectivity index (χ4v) is 3.06. The van der Waals surface area contributed by atoms with Gasteiger partial charge in [0.2, 0.25) is 0 Å². The number of halogens is 1. The van der Waals surface area contributed by atoms with Crippen molar-refractivity contribution in [3.63, 3.8) is 0 Å².